The first-order valence-electron chi connectivity index (χ1n) is 8.76. The van der Waals surface area contributed by atoms with Gasteiger partial charge in [-0.2, -0.15) is 0 Å². The van der Waals surface area contributed by atoms with Crippen molar-refractivity contribution in [1.29, 1.82) is 0 Å². The van der Waals surface area contributed by atoms with Crippen LogP contribution in [0, 0.1) is 6.92 Å². The van der Waals surface area contributed by atoms with Gasteiger partial charge in [0, 0.05) is 44.5 Å². The molecule has 1 aliphatic carbocycles. The van der Waals surface area contributed by atoms with Crippen LogP contribution in [0.5, 0.6) is 0 Å². The molecule has 0 atom stereocenters. The van der Waals surface area contributed by atoms with E-state index in [1.165, 1.54) is 12.8 Å². The first-order valence-corrected chi connectivity index (χ1v) is 8.76. The second-order valence-electron chi connectivity index (χ2n) is 6.57. The van der Waals surface area contributed by atoms with Gasteiger partial charge in [-0.05, 0) is 31.9 Å². The second kappa shape index (κ2) is 6.66. The predicted octanol–water partition coefficient (Wildman–Crippen LogP) is 1.72. The van der Waals surface area contributed by atoms with Crippen molar-refractivity contribution in [2.75, 3.05) is 36.4 Å². The fourth-order valence-electron chi connectivity index (χ4n) is 3.03. The molecule has 0 radical (unpaired) electrons. The molecule has 0 bridgehead atoms. The van der Waals surface area contributed by atoms with Crippen molar-refractivity contribution in [1.82, 2.24) is 19.9 Å². The molecule has 25 heavy (non-hydrogen) atoms. The number of aryl methyl sites for hydroxylation is 1. The van der Waals surface area contributed by atoms with E-state index in [0.29, 0.717) is 30.6 Å². The number of pyridine rings is 1. The van der Waals surface area contributed by atoms with Crippen LogP contribution in [0.25, 0.3) is 0 Å². The fourth-order valence-corrected chi connectivity index (χ4v) is 3.03. The van der Waals surface area contributed by atoms with Gasteiger partial charge < -0.3 is 15.1 Å². The molecular formula is C18H22N6O. The Labute approximate surface area is 147 Å². The molecule has 2 aromatic heterocycles. The summed E-state index contributed by atoms with van der Waals surface area (Å²) in [5, 5.41) is 3.35. The Kier molecular flexibility index (Phi) is 4.21. The quantitative estimate of drug-likeness (QED) is 0.915. The van der Waals surface area contributed by atoms with Gasteiger partial charge >= 0.3 is 0 Å². The van der Waals surface area contributed by atoms with E-state index in [4.69, 9.17) is 0 Å². The molecule has 2 aromatic rings. The molecule has 1 N–H and O–H groups in total. The first kappa shape index (κ1) is 15.8. The molecule has 2 aliphatic rings. The highest BCUT2D eigenvalue weighted by atomic mass is 16.2. The minimum absolute atomic E-state index is 0.0231. The van der Waals surface area contributed by atoms with Crippen molar-refractivity contribution in [2.45, 2.75) is 25.8 Å². The number of amides is 1. The number of carbonyl (C=O) groups excluding carboxylic acids is 1. The third kappa shape index (κ3) is 3.70. The van der Waals surface area contributed by atoms with Crippen molar-refractivity contribution in [2.24, 2.45) is 0 Å². The highest BCUT2D eigenvalue weighted by Crippen LogP contribution is 2.24. The maximum Gasteiger partial charge on any atom is 0.272 e. The van der Waals surface area contributed by atoms with Crippen LogP contribution in [0.4, 0.5) is 11.6 Å². The summed E-state index contributed by atoms with van der Waals surface area (Å²) in [4.78, 5) is 30.0. The summed E-state index contributed by atoms with van der Waals surface area (Å²) in [6, 6.07) is 8.17. The normalized spacial score (nSPS) is 17.5. The van der Waals surface area contributed by atoms with Gasteiger partial charge in [-0.1, -0.05) is 6.07 Å². The lowest BCUT2D eigenvalue weighted by molar-refractivity contribution is 0.0740. The summed E-state index contributed by atoms with van der Waals surface area (Å²) in [6.07, 6.45) is 4.13. The summed E-state index contributed by atoms with van der Waals surface area (Å²) in [7, 11) is 0. The van der Waals surface area contributed by atoms with Gasteiger partial charge in [0.15, 0.2) is 0 Å². The van der Waals surface area contributed by atoms with Crippen LogP contribution in [0.2, 0.25) is 0 Å². The Hall–Kier alpha value is -2.70. The largest absolute Gasteiger partial charge is 0.367 e. The van der Waals surface area contributed by atoms with Gasteiger partial charge in [0.2, 0.25) is 0 Å². The lowest BCUT2D eigenvalue weighted by Crippen LogP contribution is -2.49. The zero-order valence-corrected chi connectivity index (χ0v) is 14.4. The highest BCUT2D eigenvalue weighted by molar-refractivity contribution is 5.93. The van der Waals surface area contributed by atoms with Crippen LogP contribution in [0.3, 0.4) is 0 Å². The Morgan fingerprint density at radius 3 is 2.64 bits per heavy atom. The van der Waals surface area contributed by atoms with Crippen LogP contribution in [0.15, 0.2) is 30.5 Å². The van der Waals surface area contributed by atoms with E-state index in [-0.39, 0.29) is 5.91 Å². The van der Waals surface area contributed by atoms with Crippen molar-refractivity contribution in [3.05, 3.63) is 42.0 Å². The third-order valence-electron chi connectivity index (χ3n) is 4.53. The molecule has 7 heteroatoms. The van der Waals surface area contributed by atoms with Crippen LogP contribution in [-0.4, -0.2) is 58.0 Å². The zero-order chi connectivity index (χ0) is 17.2. The summed E-state index contributed by atoms with van der Waals surface area (Å²) in [6.45, 7) is 4.72. The lowest BCUT2D eigenvalue weighted by atomic mass is 10.2. The molecule has 3 heterocycles. The van der Waals surface area contributed by atoms with Crippen molar-refractivity contribution >= 4 is 17.5 Å². The predicted molar refractivity (Wildman–Crippen MR) is 95.8 cm³/mol. The highest BCUT2D eigenvalue weighted by Gasteiger charge is 2.25. The van der Waals surface area contributed by atoms with E-state index in [0.717, 1.165) is 24.7 Å². The number of aromatic nitrogens is 3. The third-order valence-corrected chi connectivity index (χ3v) is 4.53. The molecule has 0 unspecified atom stereocenters. The topological polar surface area (TPSA) is 74.2 Å². The lowest BCUT2D eigenvalue weighted by Gasteiger charge is -2.35. The van der Waals surface area contributed by atoms with E-state index >= 15 is 0 Å². The van der Waals surface area contributed by atoms with E-state index in [1.54, 1.807) is 12.3 Å². The maximum absolute atomic E-state index is 12.8. The minimum atomic E-state index is -0.0231. The fraction of sp³-hybridized carbons (Fsp3) is 0.444. The van der Waals surface area contributed by atoms with E-state index in [2.05, 4.69) is 25.2 Å². The number of hydrogen-bond donors (Lipinski definition) is 1. The molecule has 1 saturated carbocycles. The molecule has 1 amide bonds. The zero-order valence-electron chi connectivity index (χ0n) is 14.4. The van der Waals surface area contributed by atoms with Gasteiger partial charge in [0.25, 0.3) is 5.91 Å². The van der Waals surface area contributed by atoms with Crippen LogP contribution in [-0.2, 0) is 0 Å². The molecule has 2 fully saturated rings. The number of anilines is 2. The number of carbonyl (C=O) groups is 1. The SMILES string of the molecule is Cc1nc(NC2CC2)cc(C(=O)N2CCN(c3ccccn3)CC2)n1. The van der Waals surface area contributed by atoms with Gasteiger partial charge in [-0.3, -0.25) is 4.79 Å². The number of nitrogens with zero attached hydrogens (tertiary/aromatic N) is 5. The molecule has 1 saturated heterocycles. The van der Waals surface area contributed by atoms with Crippen molar-refractivity contribution in [3.63, 3.8) is 0 Å². The second-order valence-corrected chi connectivity index (χ2v) is 6.57. The average Bonchev–Trinajstić information content (AvgIpc) is 3.45. The van der Waals surface area contributed by atoms with Gasteiger partial charge in [-0.15, -0.1) is 0 Å². The molecule has 1 aliphatic heterocycles. The maximum atomic E-state index is 12.8. The van der Waals surface area contributed by atoms with Crippen LogP contribution < -0.4 is 10.2 Å². The van der Waals surface area contributed by atoms with E-state index in [9.17, 15) is 4.79 Å². The van der Waals surface area contributed by atoms with E-state index < -0.39 is 0 Å². The van der Waals surface area contributed by atoms with Crippen molar-refractivity contribution < 1.29 is 4.79 Å². The van der Waals surface area contributed by atoms with Crippen LogP contribution in [0.1, 0.15) is 29.2 Å². The number of rotatable bonds is 4. The Balaban J connectivity index is 1.42. The Morgan fingerprint density at radius 2 is 1.96 bits per heavy atom. The van der Waals surface area contributed by atoms with Gasteiger partial charge in [0.1, 0.15) is 23.2 Å². The summed E-state index contributed by atoms with van der Waals surface area (Å²) in [5.41, 5.74) is 0.474. The standard InChI is InChI=1S/C18H22N6O/c1-13-20-15(12-16(21-13)22-14-5-6-14)18(25)24-10-8-23(9-11-24)17-4-2-3-7-19-17/h2-4,7,12,14H,5-6,8-11H2,1H3,(H,20,21,22). The van der Waals surface area contributed by atoms with E-state index in [1.807, 2.05) is 30.0 Å². The Bertz CT molecular complexity index is 753. The van der Waals surface area contributed by atoms with Crippen molar-refractivity contribution in [3.8, 4) is 0 Å². The van der Waals surface area contributed by atoms with Gasteiger partial charge in [-0.25, -0.2) is 15.0 Å². The average molecular weight is 338 g/mol. The first-order chi connectivity index (χ1) is 12.2. The monoisotopic (exact) mass is 338 g/mol. The molecular weight excluding hydrogens is 316 g/mol. The smallest absolute Gasteiger partial charge is 0.272 e. The summed E-state index contributed by atoms with van der Waals surface area (Å²) >= 11 is 0. The molecule has 0 aromatic carbocycles. The Morgan fingerprint density at radius 1 is 1.16 bits per heavy atom. The summed E-state index contributed by atoms with van der Waals surface area (Å²) < 4.78 is 0. The molecule has 130 valence electrons. The minimum Gasteiger partial charge on any atom is -0.367 e. The number of piperazine rings is 1. The number of hydrogen-bond acceptors (Lipinski definition) is 6. The number of nitrogens with one attached hydrogen (secondary N) is 1. The van der Waals surface area contributed by atoms with Crippen LogP contribution >= 0.6 is 0 Å². The molecule has 4 rings (SSSR count). The molecule has 7 nitrogen and oxygen atoms in total. The molecule has 0 spiro atoms. The van der Waals surface area contributed by atoms with Gasteiger partial charge in [0.05, 0.1) is 0 Å². The summed E-state index contributed by atoms with van der Waals surface area (Å²) in [5.74, 6) is 2.32.